The van der Waals surface area contributed by atoms with E-state index in [1.54, 1.807) is 4.90 Å². The highest BCUT2D eigenvalue weighted by Crippen LogP contribution is 2.37. The highest BCUT2D eigenvalue weighted by Gasteiger charge is 2.42. The largest absolute Gasteiger partial charge is 0.457 e. The summed E-state index contributed by atoms with van der Waals surface area (Å²) in [5.41, 5.74) is 1.58. The summed E-state index contributed by atoms with van der Waals surface area (Å²) in [5, 5.41) is 3.18. The number of piperidine rings is 1. The van der Waals surface area contributed by atoms with E-state index in [0.29, 0.717) is 51.9 Å². The second kappa shape index (κ2) is 10.7. The number of rotatable bonds is 2. The Balaban J connectivity index is 1.31. The van der Waals surface area contributed by atoms with Gasteiger partial charge in [0.05, 0.1) is 12.0 Å². The summed E-state index contributed by atoms with van der Waals surface area (Å²) in [4.78, 5) is 42.6. The van der Waals surface area contributed by atoms with Crippen LogP contribution in [0.4, 0.5) is 0 Å². The number of carbonyl (C=O) groups excluding carboxylic acids is 3. The van der Waals surface area contributed by atoms with Gasteiger partial charge in [-0.3, -0.25) is 14.4 Å². The molecule has 3 aliphatic heterocycles. The van der Waals surface area contributed by atoms with E-state index in [1.165, 1.54) is 0 Å². The molecule has 0 atom stereocenters. The second-order valence-corrected chi connectivity index (χ2v) is 10.4. The number of fused-ring (bicyclic) bond motifs is 4. The highest BCUT2D eigenvalue weighted by molar-refractivity contribution is 5.86. The SMILES string of the molecule is O=C(CN1CCCCCC1=O)N1CCC2(CC1)Cc1cccc(c1)Oc1cccc(c1)CCNC2=O. The summed E-state index contributed by atoms with van der Waals surface area (Å²) in [6.45, 7) is 2.40. The van der Waals surface area contributed by atoms with Crippen molar-refractivity contribution in [1.82, 2.24) is 15.1 Å². The van der Waals surface area contributed by atoms with Crippen LogP contribution in [0.3, 0.4) is 0 Å². The fourth-order valence-electron chi connectivity index (χ4n) is 5.66. The molecule has 1 spiro atoms. The van der Waals surface area contributed by atoms with E-state index in [-0.39, 0.29) is 24.3 Å². The summed E-state index contributed by atoms with van der Waals surface area (Å²) < 4.78 is 6.12. The van der Waals surface area contributed by atoms with Gasteiger partial charge in [0.1, 0.15) is 11.5 Å². The number of benzene rings is 2. The maximum atomic E-state index is 13.6. The second-order valence-electron chi connectivity index (χ2n) is 10.4. The first-order valence-corrected chi connectivity index (χ1v) is 13.2. The molecule has 190 valence electrons. The van der Waals surface area contributed by atoms with E-state index in [1.807, 2.05) is 53.4 Å². The zero-order valence-corrected chi connectivity index (χ0v) is 20.8. The molecule has 3 heterocycles. The van der Waals surface area contributed by atoms with Crippen molar-refractivity contribution in [2.75, 3.05) is 32.7 Å². The maximum Gasteiger partial charge on any atom is 0.242 e. The molecule has 3 amide bonds. The summed E-state index contributed by atoms with van der Waals surface area (Å²) in [5.74, 6) is 1.67. The summed E-state index contributed by atoms with van der Waals surface area (Å²) in [7, 11) is 0. The average molecular weight is 490 g/mol. The molecule has 2 saturated heterocycles. The molecule has 0 radical (unpaired) electrons. The van der Waals surface area contributed by atoms with Crippen LogP contribution in [-0.4, -0.2) is 60.2 Å². The fourth-order valence-corrected chi connectivity index (χ4v) is 5.66. The lowest BCUT2D eigenvalue weighted by Gasteiger charge is -2.41. The van der Waals surface area contributed by atoms with Gasteiger partial charge in [0, 0.05) is 32.6 Å². The molecule has 5 rings (SSSR count). The zero-order valence-electron chi connectivity index (χ0n) is 20.8. The van der Waals surface area contributed by atoms with Gasteiger partial charge in [0.2, 0.25) is 17.7 Å². The van der Waals surface area contributed by atoms with E-state index >= 15 is 0 Å². The minimum absolute atomic E-state index is 0.0141. The number of nitrogens with one attached hydrogen (secondary N) is 1. The molecule has 0 aromatic heterocycles. The number of amides is 3. The van der Waals surface area contributed by atoms with Crippen molar-refractivity contribution in [3.8, 4) is 11.5 Å². The highest BCUT2D eigenvalue weighted by atomic mass is 16.5. The molecular weight excluding hydrogens is 454 g/mol. The predicted octanol–water partition coefficient (Wildman–Crippen LogP) is 3.71. The number of ether oxygens (including phenoxy) is 1. The molecule has 0 aliphatic carbocycles. The van der Waals surface area contributed by atoms with E-state index in [9.17, 15) is 14.4 Å². The summed E-state index contributed by atoms with van der Waals surface area (Å²) in [6.07, 6.45) is 5.94. The first-order chi connectivity index (χ1) is 17.5. The van der Waals surface area contributed by atoms with Gasteiger partial charge < -0.3 is 19.9 Å². The Morgan fingerprint density at radius 2 is 1.61 bits per heavy atom. The zero-order chi connectivity index (χ0) is 25.0. The van der Waals surface area contributed by atoms with Gasteiger partial charge in [-0.25, -0.2) is 0 Å². The van der Waals surface area contributed by atoms with Crippen molar-refractivity contribution in [2.24, 2.45) is 5.41 Å². The van der Waals surface area contributed by atoms with Crippen molar-refractivity contribution in [3.63, 3.8) is 0 Å². The van der Waals surface area contributed by atoms with E-state index < -0.39 is 5.41 Å². The third kappa shape index (κ3) is 5.55. The molecular formula is C29H35N3O4. The monoisotopic (exact) mass is 489 g/mol. The molecule has 0 saturated carbocycles. The van der Waals surface area contributed by atoms with Crippen molar-refractivity contribution in [1.29, 1.82) is 0 Å². The minimum atomic E-state index is -0.583. The molecule has 4 bridgehead atoms. The third-order valence-corrected chi connectivity index (χ3v) is 7.83. The van der Waals surface area contributed by atoms with Crippen LogP contribution in [0, 0.1) is 5.41 Å². The van der Waals surface area contributed by atoms with Crippen LogP contribution in [-0.2, 0) is 27.2 Å². The smallest absolute Gasteiger partial charge is 0.242 e. The van der Waals surface area contributed by atoms with Gasteiger partial charge in [0.25, 0.3) is 0 Å². The van der Waals surface area contributed by atoms with Crippen LogP contribution in [0.1, 0.15) is 49.7 Å². The van der Waals surface area contributed by atoms with Crippen LogP contribution in [0.25, 0.3) is 0 Å². The lowest BCUT2D eigenvalue weighted by Crippen LogP contribution is -2.53. The molecule has 3 aliphatic rings. The lowest BCUT2D eigenvalue weighted by molar-refractivity contribution is -0.144. The first-order valence-electron chi connectivity index (χ1n) is 13.2. The lowest BCUT2D eigenvalue weighted by atomic mass is 9.72. The first kappa shape index (κ1) is 24.3. The Bertz CT molecular complexity index is 1120. The normalized spacial score (nSPS) is 20.3. The number of hydrogen-bond acceptors (Lipinski definition) is 4. The molecule has 2 fully saturated rings. The van der Waals surface area contributed by atoms with Crippen LogP contribution >= 0.6 is 0 Å². The van der Waals surface area contributed by atoms with Crippen molar-refractivity contribution >= 4 is 17.7 Å². The maximum absolute atomic E-state index is 13.6. The average Bonchev–Trinajstić information content (AvgIpc) is 3.08. The summed E-state index contributed by atoms with van der Waals surface area (Å²) in [6, 6.07) is 16.0. The van der Waals surface area contributed by atoms with Crippen molar-refractivity contribution < 1.29 is 19.1 Å². The van der Waals surface area contributed by atoms with Gasteiger partial charge in [-0.15, -0.1) is 0 Å². The van der Waals surface area contributed by atoms with Gasteiger partial charge in [-0.2, -0.15) is 0 Å². The Labute approximate surface area is 212 Å². The molecule has 36 heavy (non-hydrogen) atoms. The van der Waals surface area contributed by atoms with E-state index in [4.69, 9.17) is 4.74 Å². The third-order valence-electron chi connectivity index (χ3n) is 7.83. The molecule has 2 aromatic rings. The van der Waals surface area contributed by atoms with Gasteiger partial charge >= 0.3 is 0 Å². The van der Waals surface area contributed by atoms with Crippen LogP contribution in [0.5, 0.6) is 11.5 Å². The quantitative estimate of drug-likeness (QED) is 0.698. The van der Waals surface area contributed by atoms with E-state index in [2.05, 4.69) is 5.32 Å². The molecule has 7 heteroatoms. The van der Waals surface area contributed by atoms with Crippen molar-refractivity contribution in [3.05, 3.63) is 59.7 Å². The van der Waals surface area contributed by atoms with Crippen LogP contribution in [0.2, 0.25) is 0 Å². The van der Waals surface area contributed by atoms with Crippen LogP contribution in [0.15, 0.2) is 48.5 Å². The number of likely N-dealkylation sites (tertiary alicyclic amines) is 2. The van der Waals surface area contributed by atoms with Crippen molar-refractivity contribution in [2.45, 2.75) is 51.4 Å². The Morgan fingerprint density at radius 3 is 2.39 bits per heavy atom. The topological polar surface area (TPSA) is 79.0 Å². The number of carbonyl (C=O) groups is 3. The Kier molecular flexibility index (Phi) is 7.25. The van der Waals surface area contributed by atoms with E-state index in [0.717, 1.165) is 48.3 Å². The van der Waals surface area contributed by atoms with Gasteiger partial charge in [-0.05, 0) is 73.9 Å². The molecule has 1 N–H and O–H groups in total. The van der Waals surface area contributed by atoms with Gasteiger partial charge in [0.15, 0.2) is 0 Å². The molecule has 2 aromatic carbocycles. The standard InChI is InChI=1S/C29H35N3O4/c33-26-10-2-1-3-15-32(26)21-27(34)31-16-12-29(13-17-31)20-23-7-5-9-25(19-23)36-24-8-4-6-22(18-24)11-14-30-28(29)35/h4-9,18-19H,1-3,10-17,20-21H2,(H,30,35). The molecule has 0 unspecified atom stereocenters. The minimum Gasteiger partial charge on any atom is -0.457 e. The number of nitrogens with zero attached hydrogens (tertiary/aromatic N) is 2. The Hall–Kier alpha value is -3.35. The summed E-state index contributed by atoms with van der Waals surface area (Å²) >= 11 is 0. The molecule has 7 nitrogen and oxygen atoms in total. The van der Waals surface area contributed by atoms with Crippen LogP contribution < -0.4 is 10.1 Å². The Morgan fingerprint density at radius 1 is 0.889 bits per heavy atom. The number of hydrogen-bond donors (Lipinski definition) is 1. The predicted molar refractivity (Wildman–Crippen MR) is 137 cm³/mol. The van der Waals surface area contributed by atoms with Gasteiger partial charge in [-0.1, -0.05) is 30.7 Å². The fraction of sp³-hybridized carbons (Fsp3) is 0.483.